The van der Waals surface area contributed by atoms with E-state index in [9.17, 15) is 18.0 Å². The summed E-state index contributed by atoms with van der Waals surface area (Å²) in [7, 11) is -3.61. The van der Waals surface area contributed by atoms with Crippen LogP contribution in [0.1, 0.15) is 46.4 Å². The second-order valence-corrected chi connectivity index (χ2v) is 9.16. The number of sulfonamides is 1. The predicted octanol–water partition coefficient (Wildman–Crippen LogP) is 2.41. The molecule has 1 aliphatic heterocycles. The van der Waals surface area contributed by atoms with Gasteiger partial charge in [-0.15, -0.1) is 0 Å². The first-order chi connectivity index (χ1) is 14.5. The molecule has 0 unspecified atom stereocenters. The van der Waals surface area contributed by atoms with Gasteiger partial charge >= 0.3 is 0 Å². The molecular weight excluding hydrogens is 402 g/mol. The normalized spacial score (nSPS) is 15.2. The Labute approximate surface area is 177 Å². The second kappa shape index (κ2) is 10.4. The number of hydrogen-bond donors (Lipinski definition) is 2. The van der Waals surface area contributed by atoms with Gasteiger partial charge in [0.15, 0.2) is 0 Å². The molecule has 0 saturated carbocycles. The minimum Gasteiger partial charge on any atom is -0.350 e. The Morgan fingerprint density at radius 2 is 1.33 bits per heavy atom. The van der Waals surface area contributed by atoms with Crippen molar-refractivity contribution < 1.29 is 18.0 Å². The van der Waals surface area contributed by atoms with E-state index in [0.717, 1.165) is 25.7 Å². The molecule has 0 spiro atoms. The quantitative estimate of drug-likeness (QED) is 0.661. The van der Waals surface area contributed by atoms with Crippen LogP contribution in [0.5, 0.6) is 0 Å². The third-order valence-corrected chi connectivity index (χ3v) is 6.93. The van der Waals surface area contributed by atoms with Gasteiger partial charge in [-0.3, -0.25) is 9.59 Å². The Morgan fingerprint density at radius 1 is 0.767 bits per heavy atom. The van der Waals surface area contributed by atoms with Crippen molar-refractivity contribution in [1.29, 1.82) is 0 Å². The van der Waals surface area contributed by atoms with Crippen LogP contribution in [0.4, 0.5) is 0 Å². The molecular formula is C22H27N3O4S. The third-order valence-electron chi connectivity index (χ3n) is 5.03. The summed E-state index contributed by atoms with van der Waals surface area (Å²) in [6, 6.07) is 14.9. The van der Waals surface area contributed by atoms with Crippen LogP contribution in [0, 0.1) is 0 Å². The van der Waals surface area contributed by atoms with Gasteiger partial charge in [-0.2, -0.15) is 4.31 Å². The fraction of sp³-hybridized carbons (Fsp3) is 0.364. The van der Waals surface area contributed by atoms with Crippen LogP contribution >= 0.6 is 0 Å². The molecule has 1 aliphatic rings. The number of hydrogen-bond acceptors (Lipinski definition) is 4. The first-order valence-electron chi connectivity index (χ1n) is 10.2. The van der Waals surface area contributed by atoms with Gasteiger partial charge in [0.1, 0.15) is 0 Å². The summed E-state index contributed by atoms with van der Waals surface area (Å²) < 4.78 is 27.4. The van der Waals surface area contributed by atoms with E-state index in [1.165, 1.54) is 16.4 Å². The lowest BCUT2D eigenvalue weighted by molar-refractivity contribution is 0.0927. The maximum absolute atomic E-state index is 12.9. The van der Waals surface area contributed by atoms with Crippen molar-refractivity contribution >= 4 is 21.8 Å². The lowest BCUT2D eigenvalue weighted by Gasteiger charge is -2.20. The number of nitrogens with zero attached hydrogens (tertiary/aromatic N) is 1. The van der Waals surface area contributed by atoms with Gasteiger partial charge in [-0.1, -0.05) is 37.1 Å². The molecule has 1 fully saturated rings. The zero-order valence-corrected chi connectivity index (χ0v) is 17.7. The highest BCUT2D eigenvalue weighted by Crippen LogP contribution is 2.21. The molecule has 0 radical (unpaired) electrons. The fourth-order valence-corrected chi connectivity index (χ4v) is 4.94. The van der Waals surface area contributed by atoms with E-state index < -0.39 is 10.0 Å². The standard InChI is InChI=1S/C22H27N3O4S/c26-21(18-9-4-3-5-10-18)23-13-14-24-22(27)19-11-8-12-20(17-19)30(28,29)25-15-6-1-2-7-16-25/h3-5,8-12,17H,1-2,6-7,13-16H2,(H,23,26)(H,24,27). The smallest absolute Gasteiger partial charge is 0.251 e. The van der Waals surface area contributed by atoms with E-state index in [2.05, 4.69) is 10.6 Å². The van der Waals surface area contributed by atoms with E-state index in [4.69, 9.17) is 0 Å². The van der Waals surface area contributed by atoms with Crippen LogP contribution in [0.15, 0.2) is 59.5 Å². The van der Waals surface area contributed by atoms with E-state index in [1.807, 2.05) is 6.07 Å². The molecule has 2 amide bonds. The number of carbonyl (C=O) groups is 2. The van der Waals surface area contributed by atoms with Crippen LogP contribution < -0.4 is 10.6 Å². The second-order valence-electron chi connectivity index (χ2n) is 7.22. The number of amides is 2. The molecule has 2 aromatic rings. The highest BCUT2D eigenvalue weighted by atomic mass is 32.2. The van der Waals surface area contributed by atoms with Gasteiger partial charge in [-0.25, -0.2) is 8.42 Å². The first kappa shape index (κ1) is 22.0. The molecule has 0 bridgehead atoms. The zero-order valence-electron chi connectivity index (χ0n) is 16.8. The summed E-state index contributed by atoms with van der Waals surface area (Å²) in [6.07, 6.45) is 3.78. The Bertz CT molecular complexity index is 969. The lowest BCUT2D eigenvalue weighted by atomic mass is 10.2. The van der Waals surface area contributed by atoms with Gasteiger partial charge in [0, 0.05) is 37.3 Å². The predicted molar refractivity (Wildman–Crippen MR) is 115 cm³/mol. The van der Waals surface area contributed by atoms with E-state index in [-0.39, 0.29) is 35.4 Å². The summed E-state index contributed by atoms with van der Waals surface area (Å²) >= 11 is 0. The molecule has 30 heavy (non-hydrogen) atoms. The van der Waals surface area contributed by atoms with Crippen LogP contribution in [0.25, 0.3) is 0 Å². The minimum absolute atomic E-state index is 0.134. The summed E-state index contributed by atoms with van der Waals surface area (Å²) in [4.78, 5) is 24.6. The number of rotatable bonds is 7. The topological polar surface area (TPSA) is 95.6 Å². The summed E-state index contributed by atoms with van der Waals surface area (Å²) in [5, 5.41) is 5.45. The molecule has 0 atom stereocenters. The van der Waals surface area contributed by atoms with Gasteiger partial charge in [0.25, 0.3) is 11.8 Å². The molecule has 160 valence electrons. The van der Waals surface area contributed by atoms with Crippen LogP contribution in [-0.2, 0) is 10.0 Å². The Kier molecular flexibility index (Phi) is 7.59. The van der Waals surface area contributed by atoms with Gasteiger partial charge in [-0.05, 0) is 43.2 Å². The Morgan fingerprint density at radius 3 is 1.97 bits per heavy atom. The average Bonchev–Trinajstić information content (AvgIpc) is 3.07. The van der Waals surface area contributed by atoms with Crippen molar-refractivity contribution in [2.75, 3.05) is 26.2 Å². The minimum atomic E-state index is -3.61. The van der Waals surface area contributed by atoms with E-state index >= 15 is 0 Å². The van der Waals surface area contributed by atoms with Crippen molar-refractivity contribution in [3.05, 3.63) is 65.7 Å². The van der Waals surface area contributed by atoms with Crippen LogP contribution in [0.2, 0.25) is 0 Å². The SMILES string of the molecule is O=C(NCCNC(=O)c1cccc(S(=O)(=O)N2CCCCCC2)c1)c1ccccc1. The summed E-state index contributed by atoms with van der Waals surface area (Å²) in [5.41, 5.74) is 0.829. The van der Waals surface area contributed by atoms with Crippen LogP contribution in [0.3, 0.4) is 0 Å². The van der Waals surface area contributed by atoms with E-state index in [1.54, 1.807) is 36.4 Å². The van der Waals surface area contributed by atoms with Gasteiger partial charge in [0.05, 0.1) is 4.90 Å². The molecule has 8 heteroatoms. The van der Waals surface area contributed by atoms with Crippen molar-refractivity contribution in [1.82, 2.24) is 14.9 Å². The lowest BCUT2D eigenvalue weighted by Crippen LogP contribution is -2.35. The monoisotopic (exact) mass is 429 g/mol. The van der Waals surface area contributed by atoms with Crippen molar-refractivity contribution in [2.45, 2.75) is 30.6 Å². The molecule has 2 N–H and O–H groups in total. The van der Waals surface area contributed by atoms with Gasteiger partial charge < -0.3 is 10.6 Å². The number of carbonyl (C=O) groups excluding carboxylic acids is 2. The molecule has 7 nitrogen and oxygen atoms in total. The number of benzene rings is 2. The molecule has 1 saturated heterocycles. The number of nitrogens with one attached hydrogen (secondary N) is 2. The fourth-order valence-electron chi connectivity index (χ4n) is 3.37. The summed E-state index contributed by atoms with van der Waals surface area (Å²) in [5.74, 6) is -0.590. The maximum Gasteiger partial charge on any atom is 0.251 e. The highest BCUT2D eigenvalue weighted by Gasteiger charge is 2.25. The third kappa shape index (κ3) is 5.67. The largest absolute Gasteiger partial charge is 0.350 e. The van der Waals surface area contributed by atoms with Gasteiger partial charge in [0.2, 0.25) is 10.0 Å². The molecule has 0 aromatic heterocycles. The molecule has 2 aromatic carbocycles. The van der Waals surface area contributed by atoms with Crippen molar-refractivity contribution in [3.8, 4) is 0 Å². The average molecular weight is 430 g/mol. The van der Waals surface area contributed by atoms with E-state index in [0.29, 0.717) is 18.7 Å². The molecule has 0 aliphatic carbocycles. The molecule has 1 heterocycles. The Balaban J connectivity index is 1.56. The van der Waals surface area contributed by atoms with Crippen molar-refractivity contribution in [2.24, 2.45) is 0 Å². The van der Waals surface area contributed by atoms with Crippen molar-refractivity contribution in [3.63, 3.8) is 0 Å². The zero-order chi connectivity index (χ0) is 21.4. The molecule has 3 rings (SSSR count). The Hall–Kier alpha value is -2.71. The highest BCUT2D eigenvalue weighted by molar-refractivity contribution is 7.89. The van der Waals surface area contributed by atoms with Crippen LogP contribution in [-0.4, -0.2) is 50.7 Å². The first-order valence-corrected chi connectivity index (χ1v) is 11.6. The summed E-state index contributed by atoms with van der Waals surface area (Å²) in [6.45, 7) is 1.53. The maximum atomic E-state index is 12.9.